The first kappa shape index (κ1) is 26.6. The van der Waals surface area contributed by atoms with Crippen LogP contribution in [0.3, 0.4) is 0 Å². The molecule has 0 heterocycles. The molecule has 0 radical (unpaired) electrons. The van der Waals surface area contributed by atoms with Crippen molar-refractivity contribution in [1.29, 1.82) is 0 Å². The van der Waals surface area contributed by atoms with Crippen molar-refractivity contribution in [2.24, 2.45) is 17.2 Å². The smallest absolute Gasteiger partial charge is 0.0708 e. The monoisotopic (exact) mass is 431 g/mol. The molecule has 0 fully saturated rings. The number of hydrogen-bond donors (Lipinski definition) is 3. The van der Waals surface area contributed by atoms with Crippen molar-refractivity contribution in [2.45, 2.75) is 24.6 Å². The van der Waals surface area contributed by atoms with E-state index in [9.17, 15) is 0 Å². The van der Waals surface area contributed by atoms with Crippen LogP contribution in [-0.4, -0.2) is 13.0 Å². The Hall–Kier alpha value is 1.02. The summed E-state index contributed by atoms with van der Waals surface area (Å²) in [5.74, 6) is 0. The molecule has 0 aliphatic rings. The van der Waals surface area contributed by atoms with Gasteiger partial charge in [0.05, 0.1) is 0 Å². The fourth-order valence-corrected chi connectivity index (χ4v) is 0.854. The molecule has 0 spiro atoms. The van der Waals surface area contributed by atoms with Crippen LogP contribution in [0.2, 0.25) is 4.81 Å². The second kappa shape index (κ2) is 25.8. The topological polar surface area (TPSA) is 78.1 Å². The molecule has 0 aromatic rings. The normalized spacial score (nSPS) is 6.59. The van der Waals surface area contributed by atoms with Crippen molar-refractivity contribution in [1.82, 2.24) is 0 Å². The molecule has 0 aliphatic carbocycles. The Balaban J connectivity index is -0.0000000667. The summed E-state index contributed by atoms with van der Waals surface area (Å²) in [5.41, 5.74) is 14.0. The Morgan fingerprint density at radius 1 is 0.941 bits per heavy atom. The molecule has 0 amide bonds. The Morgan fingerprint density at radius 3 is 1.12 bits per heavy atom. The molecule has 0 aliphatic heterocycles. The molecule has 0 unspecified atom stereocenters. The van der Waals surface area contributed by atoms with Crippen molar-refractivity contribution >= 4 is 87.5 Å². The van der Waals surface area contributed by atoms with Gasteiger partial charge in [-0.1, -0.05) is 13.0 Å². The number of unbranched alkanes of at least 4 members (excludes halogenated alkanes) is 1. The number of thiocarbonyl (C=S) groups is 3. The summed E-state index contributed by atoms with van der Waals surface area (Å²) in [6.07, 6.45) is 2.74. The molecule has 0 saturated carbocycles. The Labute approximate surface area is 148 Å². The molecule has 3 nitrogen and oxygen atoms in total. The molecule has 10 heteroatoms. The van der Waals surface area contributed by atoms with Crippen molar-refractivity contribution < 1.29 is 19.8 Å². The van der Waals surface area contributed by atoms with E-state index in [0.29, 0.717) is 0 Å². The second-order valence-electron chi connectivity index (χ2n) is 2.01. The molecule has 0 rings (SSSR count). The van der Waals surface area contributed by atoms with Crippen molar-refractivity contribution in [3.05, 3.63) is 0 Å². The van der Waals surface area contributed by atoms with E-state index in [-0.39, 0.29) is 13.0 Å². The average Bonchev–Trinajstić information content (AvgIpc) is 2.01. The zero-order valence-electron chi connectivity index (χ0n) is 9.21. The van der Waals surface area contributed by atoms with Crippen LogP contribution in [0.25, 0.3) is 0 Å². The van der Waals surface area contributed by atoms with Gasteiger partial charge in [0.15, 0.2) is 0 Å². The Morgan fingerprint density at radius 2 is 1.12 bits per heavy atom. The number of rotatable bonds is 2. The van der Waals surface area contributed by atoms with Gasteiger partial charge in [-0.05, 0) is 0 Å². The van der Waals surface area contributed by atoms with E-state index in [1.54, 1.807) is 0 Å². The minimum absolute atomic E-state index is 0.0833. The van der Waals surface area contributed by atoms with E-state index in [2.05, 4.69) is 118 Å². The maximum Gasteiger partial charge on any atom is -0.0708 e. The fourth-order valence-electron chi connectivity index (χ4n) is 0.144. The van der Waals surface area contributed by atoms with Gasteiger partial charge in [0.25, 0.3) is 0 Å². The van der Waals surface area contributed by atoms with Gasteiger partial charge >= 0.3 is 44.4 Å². The maximum atomic E-state index is 4.66. The summed E-state index contributed by atoms with van der Waals surface area (Å²) in [4.78, 5) is 1.35. The molecule has 17 heavy (non-hydrogen) atoms. The number of hydrogen-bond acceptors (Lipinski definition) is 6. The van der Waals surface area contributed by atoms with Gasteiger partial charge in [0.2, 0.25) is 0 Å². The molecular formula is C7H15MoN3S6. The number of nitrogens with two attached hydrogens (primary N) is 3. The van der Waals surface area contributed by atoms with Gasteiger partial charge in [-0.15, -0.1) is 0 Å². The van der Waals surface area contributed by atoms with Crippen molar-refractivity contribution in [3.8, 4) is 0 Å². The van der Waals surface area contributed by atoms with Crippen molar-refractivity contribution in [2.75, 3.05) is 0 Å². The van der Waals surface area contributed by atoms with Crippen LogP contribution in [0, 0.1) is 0 Å². The minimum atomic E-state index is 0.0833. The Kier molecular flexibility index (Phi) is 40.2. The standard InChI is InChI=1S/C4H9.3CH3NS2.Mo/c1-3-4-2;3*2-1(3)4;/h1,3-4H2,2H3;3*(H3,2,3,4);/q;;;;+3/p-3. The van der Waals surface area contributed by atoms with Crippen molar-refractivity contribution in [3.63, 3.8) is 0 Å². The largest absolute Gasteiger partial charge is 0.415 e. The zero-order chi connectivity index (χ0) is 14.9. The van der Waals surface area contributed by atoms with Gasteiger partial charge in [-0.3, -0.25) is 0 Å². The van der Waals surface area contributed by atoms with Gasteiger partial charge in [0.1, 0.15) is 0 Å². The molecule has 0 aromatic heterocycles. The van der Waals surface area contributed by atoms with E-state index >= 15 is 0 Å². The van der Waals surface area contributed by atoms with E-state index in [0.717, 1.165) is 0 Å². The Bertz CT molecular complexity index is 160. The van der Waals surface area contributed by atoms with Crippen LogP contribution in [0.1, 0.15) is 19.8 Å². The molecule has 0 bridgehead atoms. The summed E-state index contributed by atoms with van der Waals surface area (Å²) in [5, 5.41) is 0. The SMILES string of the molecule is CCC[CH2][Mo+3].NC(=S)[S-].NC(=S)[S-].NC(=S)[S-]. The maximum absolute atomic E-state index is 4.66. The quantitative estimate of drug-likeness (QED) is 0.340. The molecule has 100 valence electrons. The zero-order valence-corrected chi connectivity index (χ0v) is 16.1. The van der Waals surface area contributed by atoms with Crippen LogP contribution in [0.5, 0.6) is 0 Å². The minimum Gasteiger partial charge on any atom is -0.415 e. The van der Waals surface area contributed by atoms with E-state index in [4.69, 9.17) is 0 Å². The van der Waals surface area contributed by atoms with Crippen LogP contribution in [0.4, 0.5) is 0 Å². The predicted molar refractivity (Wildman–Crippen MR) is 92.2 cm³/mol. The van der Waals surface area contributed by atoms with Crippen LogP contribution in [-0.2, 0) is 57.7 Å². The third-order valence-electron chi connectivity index (χ3n) is 0.498. The summed E-state index contributed by atoms with van der Waals surface area (Å²) >= 11 is 26.9. The van der Waals surface area contributed by atoms with Gasteiger partial charge in [-0.2, -0.15) is 0 Å². The van der Waals surface area contributed by atoms with Gasteiger partial charge < -0.3 is 91.7 Å². The molecule has 0 atom stereocenters. The van der Waals surface area contributed by atoms with E-state index < -0.39 is 0 Å². The third kappa shape index (κ3) is 421. The van der Waals surface area contributed by atoms with E-state index in [1.165, 1.54) is 17.7 Å². The van der Waals surface area contributed by atoms with Crippen LogP contribution in [0.15, 0.2) is 0 Å². The summed E-state index contributed by atoms with van der Waals surface area (Å²) in [6, 6.07) is 0. The first-order chi connectivity index (χ1) is 7.61. The first-order valence-electron chi connectivity index (χ1n) is 4.09. The molecule has 0 aromatic carbocycles. The predicted octanol–water partition coefficient (Wildman–Crippen LogP) is 1.08. The average molecular weight is 430 g/mol. The van der Waals surface area contributed by atoms with Gasteiger partial charge in [0, 0.05) is 0 Å². The summed E-state index contributed by atoms with van der Waals surface area (Å²) in [6.45, 7) is 2.21. The third-order valence-corrected chi connectivity index (χ3v) is 1.21. The molecular weight excluding hydrogens is 414 g/mol. The molecule has 6 N–H and O–H groups in total. The van der Waals surface area contributed by atoms with Crippen LogP contribution >= 0.6 is 36.7 Å². The van der Waals surface area contributed by atoms with Crippen LogP contribution < -0.4 is 17.2 Å². The first-order valence-corrected chi connectivity index (χ1v) is 7.96. The summed E-state index contributed by atoms with van der Waals surface area (Å²) < 4.78 is 0.250. The fraction of sp³-hybridized carbons (Fsp3) is 0.571. The summed E-state index contributed by atoms with van der Waals surface area (Å²) in [7, 11) is 0. The van der Waals surface area contributed by atoms with Gasteiger partial charge in [-0.25, -0.2) is 0 Å². The second-order valence-corrected chi connectivity index (χ2v) is 6.43. The van der Waals surface area contributed by atoms with E-state index in [1.807, 2.05) is 0 Å². The molecule has 0 saturated heterocycles.